The number of fused-ring (bicyclic) bond motifs is 1. The van der Waals surface area contributed by atoms with Gasteiger partial charge < -0.3 is 15.1 Å². The third-order valence-electron chi connectivity index (χ3n) is 2.74. The molecular formula is C12H15N3O3. The van der Waals surface area contributed by atoms with Gasteiger partial charge in [-0.3, -0.25) is 9.36 Å². The van der Waals surface area contributed by atoms with Gasteiger partial charge in [0.1, 0.15) is 0 Å². The SMILES string of the molecule is CN(C)C(=O)CCn1c(=O)oc2ccc(N)cc21. The highest BCUT2D eigenvalue weighted by molar-refractivity contribution is 5.78. The van der Waals surface area contributed by atoms with Crippen LogP contribution in [-0.2, 0) is 11.3 Å². The standard InChI is InChI=1S/C12H15N3O3/c1-14(2)11(16)5-6-15-9-7-8(13)3-4-10(9)18-12(15)17/h3-4,7H,5-6,13H2,1-2H3. The number of carbonyl (C=O) groups is 1. The lowest BCUT2D eigenvalue weighted by Gasteiger charge is -2.09. The summed E-state index contributed by atoms with van der Waals surface area (Å²) in [6.07, 6.45) is 0.246. The molecule has 1 heterocycles. The predicted octanol–water partition coefficient (Wildman–Crippen LogP) is 0.655. The first-order valence-corrected chi connectivity index (χ1v) is 5.58. The number of aryl methyl sites for hydroxylation is 1. The molecule has 0 aliphatic heterocycles. The van der Waals surface area contributed by atoms with Crippen LogP contribution in [0.2, 0.25) is 0 Å². The third-order valence-corrected chi connectivity index (χ3v) is 2.74. The van der Waals surface area contributed by atoms with E-state index in [4.69, 9.17) is 10.2 Å². The highest BCUT2D eigenvalue weighted by atomic mass is 16.4. The van der Waals surface area contributed by atoms with Gasteiger partial charge >= 0.3 is 5.76 Å². The molecule has 0 saturated heterocycles. The number of hydrogen-bond donors (Lipinski definition) is 1. The number of aromatic nitrogens is 1. The highest BCUT2D eigenvalue weighted by Gasteiger charge is 2.11. The normalized spacial score (nSPS) is 10.8. The maximum absolute atomic E-state index is 11.7. The topological polar surface area (TPSA) is 81.5 Å². The molecule has 1 aromatic carbocycles. The van der Waals surface area contributed by atoms with E-state index in [0.29, 0.717) is 16.8 Å². The smallest absolute Gasteiger partial charge is 0.408 e. The Kier molecular flexibility index (Phi) is 3.10. The summed E-state index contributed by atoms with van der Waals surface area (Å²) in [6.45, 7) is 0.284. The molecule has 0 aliphatic rings. The summed E-state index contributed by atoms with van der Waals surface area (Å²) in [5.41, 5.74) is 7.32. The van der Waals surface area contributed by atoms with Crippen molar-refractivity contribution in [3.05, 3.63) is 28.7 Å². The Labute approximate surface area is 104 Å². The van der Waals surface area contributed by atoms with Gasteiger partial charge in [0.2, 0.25) is 5.91 Å². The molecule has 1 aromatic heterocycles. The molecule has 1 amide bonds. The summed E-state index contributed by atoms with van der Waals surface area (Å²) in [5.74, 6) is -0.512. The summed E-state index contributed by atoms with van der Waals surface area (Å²) in [4.78, 5) is 24.7. The van der Waals surface area contributed by atoms with E-state index in [-0.39, 0.29) is 18.9 Å². The molecule has 96 valence electrons. The van der Waals surface area contributed by atoms with Gasteiger partial charge in [0, 0.05) is 32.7 Å². The number of amides is 1. The van der Waals surface area contributed by atoms with Crippen LogP contribution in [0.1, 0.15) is 6.42 Å². The summed E-state index contributed by atoms with van der Waals surface area (Å²) in [6, 6.07) is 4.98. The number of nitrogen functional groups attached to an aromatic ring is 1. The fraction of sp³-hybridized carbons (Fsp3) is 0.333. The van der Waals surface area contributed by atoms with Gasteiger partial charge in [-0.15, -0.1) is 0 Å². The van der Waals surface area contributed by atoms with Crippen molar-refractivity contribution >= 4 is 22.7 Å². The first-order chi connectivity index (χ1) is 8.49. The average Bonchev–Trinajstić information content (AvgIpc) is 2.61. The quantitative estimate of drug-likeness (QED) is 0.810. The van der Waals surface area contributed by atoms with Crippen LogP contribution < -0.4 is 11.5 Å². The van der Waals surface area contributed by atoms with E-state index in [1.54, 1.807) is 32.3 Å². The van der Waals surface area contributed by atoms with Crippen molar-refractivity contribution in [1.82, 2.24) is 9.47 Å². The minimum Gasteiger partial charge on any atom is -0.408 e. The number of oxazole rings is 1. The molecular weight excluding hydrogens is 234 g/mol. The van der Waals surface area contributed by atoms with E-state index in [9.17, 15) is 9.59 Å². The number of carbonyl (C=O) groups excluding carboxylic acids is 1. The average molecular weight is 249 g/mol. The van der Waals surface area contributed by atoms with Gasteiger partial charge in [0.25, 0.3) is 0 Å². The second kappa shape index (κ2) is 4.56. The molecule has 0 saturated carbocycles. The van der Waals surface area contributed by atoms with Crippen molar-refractivity contribution in [3.8, 4) is 0 Å². The van der Waals surface area contributed by atoms with E-state index >= 15 is 0 Å². The van der Waals surface area contributed by atoms with E-state index in [0.717, 1.165) is 0 Å². The number of benzene rings is 1. The predicted molar refractivity (Wildman–Crippen MR) is 68.2 cm³/mol. The molecule has 0 unspecified atom stereocenters. The first-order valence-electron chi connectivity index (χ1n) is 5.58. The molecule has 0 radical (unpaired) electrons. The lowest BCUT2D eigenvalue weighted by atomic mass is 10.3. The molecule has 0 spiro atoms. The first kappa shape index (κ1) is 12.2. The van der Waals surface area contributed by atoms with Crippen LogP contribution in [0.15, 0.2) is 27.4 Å². The molecule has 6 nitrogen and oxygen atoms in total. The Morgan fingerprint density at radius 3 is 2.83 bits per heavy atom. The summed E-state index contributed by atoms with van der Waals surface area (Å²) >= 11 is 0. The molecule has 0 atom stereocenters. The van der Waals surface area contributed by atoms with Crippen LogP contribution in [0.4, 0.5) is 5.69 Å². The lowest BCUT2D eigenvalue weighted by Crippen LogP contribution is -2.25. The molecule has 0 fully saturated rings. The van der Waals surface area contributed by atoms with Crippen LogP contribution >= 0.6 is 0 Å². The summed E-state index contributed by atoms with van der Waals surface area (Å²) in [5, 5.41) is 0. The van der Waals surface area contributed by atoms with Crippen molar-refractivity contribution in [2.45, 2.75) is 13.0 Å². The van der Waals surface area contributed by atoms with Gasteiger partial charge in [0.15, 0.2) is 5.58 Å². The van der Waals surface area contributed by atoms with E-state index in [1.165, 1.54) is 9.47 Å². The van der Waals surface area contributed by atoms with Crippen LogP contribution in [-0.4, -0.2) is 29.5 Å². The Morgan fingerprint density at radius 1 is 1.44 bits per heavy atom. The second-order valence-corrected chi connectivity index (χ2v) is 4.28. The number of nitrogens with zero attached hydrogens (tertiary/aromatic N) is 2. The van der Waals surface area contributed by atoms with Gasteiger partial charge in [0.05, 0.1) is 5.52 Å². The van der Waals surface area contributed by atoms with E-state index < -0.39 is 5.76 Å². The third kappa shape index (κ3) is 2.22. The number of nitrogens with two attached hydrogens (primary N) is 1. The molecule has 18 heavy (non-hydrogen) atoms. The minimum absolute atomic E-state index is 0.0415. The largest absolute Gasteiger partial charge is 0.419 e. The van der Waals surface area contributed by atoms with Crippen LogP contribution in [0.25, 0.3) is 11.1 Å². The number of anilines is 1. The van der Waals surface area contributed by atoms with E-state index in [2.05, 4.69) is 0 Å². The van der Waals surface area contributed by atoms with Gasteiger partial charge in [-0.05, 0) is 18.2 Å². The van der Waals surface area contributed by atoms with Crippen molar-refractivity contribution < 1.29 is 9.21 Å². The number of hydrogen-bond acceptors (Lipinski definition) is 4. The molecule has 2 aromatic rings. The fourth-order valence-corrected chi connectivity index (χ4v) is 1.72. The minimum atomic E-state index is -0.470. The zero-order valence-corrected chi connectivity index (χ0v) is 10.3. The summed E-state index contributed by atoms with van der Waals surface area (Å²) in [7, 11) is 3.35. The second-order valence-electron chi connectivity index (χ2n) is 4.28. The van der Waals surface area contributed by atoms with Gasteiger partial charge in [-0.1, -0.05) is 0 Å². The Bertz CT molecular complexity index is 640. The maximum atomic E-state index is 11.7. The van der Waals surface area contributed by atoms with Crippen LogP contribution in [0, 0.1) is 0 Å². The Morgan fingerprint density at radius 2 is 2.17 bits per heavy atom. The van der Waals surface area contributed by atoms with Crippen molar-refractivity contribution in [3.63, 3.8) is 0 Å². The number of rotatable bonds is 3. The molecule has 6 heteroatoms. The molecule has 2 rings (SSSR count). The van der Waals surface area contributed by atoms with Crippen LogP contribution in [0.3, 0.4) is 0 Å². The van der Waals surface area contributed by atoms with Crippen molar-refractivity contribution in [1.29, 1.82) is 0 Å². The molecule has 0 bridgehead atoms. The Hall–Kier alpha value is -2.24. The van der Waals surface area contributed by atoms with Crippen molar-refractivity contribution in [2.24, 2.45) is 0 Å². The van der Waals surface area contributed by atoms with E-state index in [1.807, 2.05) is 0 Å². The zero-order chi connectivity index (χ0) is 13.3. The lowest BCUT2D eigenvalue weighted by molar-refractivity contribution is -0.128. The monoisotopic (exact) mass is 249 g/mol. The van der Waals surface area contributed by atoms with Crippen LogP contribution in [0.5, 0.6) is 0 Å². The molecule has 2 N–H and O–H groups in total. The maximum Gasteiger partial charge on any atom is 0.419 e. The van der Waals surface area contributed by atoms with Gasteiger partial charge in [-0.25, -0.2) is 4.79 Å². The Balaban J connectivity index is 2.33. The summed E-state index contributed by atoms with van der Waals surface area (Å²) < 4.78 is 6.50. The van der Waals surface area contributed by atoms with Gasteiger partial charge in [-0.2, -0.15) is 0 Å². The highest BCUT2D eigenvalue weighted by Crippen LogP contribution is 2.16. The van der Waals surface area contributed by atoms with Crippen molar-refractivity contribution in [2.75, 3.05) is 19.8 Å². The molecule has 0 aliphatic carbocycles. The fourth-order valence-electron chi connectivity index (χ4n) is 1.72. The zero-order valence-electron chi connectivity index (χ0n) is 10.3.